The van der Waals surface area contributed by atoms with Gasteiger partial charge in [-0.15, -0.1) is 0 Å². The van der Waals surface area contributed by atoms with Gasteiger partial charge in [-0.25, -0.2) is 0 Å². The van der Waals surface area contributed by atoms with E-state index in [-0.39, 0.29) is 11.3 Å². The second kappa shape index (κ2) is 2.59. The van der Waals surface area contributed by atoms with E-state index < -0.39 is 0 Å². The van der Waals surface area contributed by atoms with Crippen LogP contribution in [0.1, 0.15) is 17.9 Å². The zero-order valence-electron chi connectivity index (χ0n) is 8.90. The van der Waals surface area contributed by atoms with E-state index in [0.717, 1.165) is 18.7 Å². The minimum Gasteiger partial charge on any atom is -0.492 e. The Morgan fingerprint density at radius 2 is 2.25 bits per heavy atom. The fraction of sp³-hybridized carbons (Fsp3) is 0.462. The fourth-order valence-electron chi connectivity index (χ4n) is 3.60. The lowest BCUT2D eigenvalue weighted by molar-refractivity contribution is -0.141. The van der Waals surface area contributed by atoms with Crippen LogP contribution in [-0.2, 0) is 4.79 Å². The Morgan fingerprint density at radius 3 is 3.12 bits per heavy atom. The number of nitrogens with one attached hydrogen (secondary N) is 1. The average Bonchev–Trinajstić information content (AvgIpc) is 2.50. The molecule has 1 unspecified atom stereocenters. The maximum Gasteiger partial charge on any atom is 0.230 e. The highest BCUT2D eigenvalue weighted by Gasteiger charge is 2.65. The van der Waals surface area contributed by atoms with Crippen LogP contribution in [0.15, 0.2) is 24.3 Å². The van der Waals surface area contributed by atoms with Crippen molar-refractivity contribution >= 4 is 5.91 Å². The van der Waals surface area contributed by atoms with Crippen LogP contribution in [0.5, 0.6) is 5.75 Å². The van der Waals surface area contributed by atoms with Gasteiger partial charge in [-0.2, -0.15) is 0 Å². The molecule has 1 amide bonds. The van der Waals surface area contributed by atoms with E-state index in [4.69, 9.17) is 4.74 Å². The largest absolute Gasteiger partial charge is 0.492 e. The lowest BCUT2D eigenvalue weighted by Crippen LogP contribution is -2.55. The SMILES string of the molecule is O=C1NCC2C[C@@H]3c4ccccc4OC[C@]123. The van der Waals surface area contributed by atoms with Gasteiger partial charge in [-0.1, -0.05) is 18.2 Å². The maximum atomic E-state index is 12.0. The molecule has 0 aromatic heterocycles. The molecule has 1 N–H and O–H groups in total. The van der Waals surface area contributed by atoms with E-state index >= 15 is 0 Å². The Morgan fingerprint density at radius 1 is 1.38 bits per heavy atom. The van der Waals surface area contributed by atoms with Gasteiger partial charge >= 0.3 is 0 Å². The van der Waals surface area contributed by atoms with E-state index in [1.807, 2.05) is 18.2 Å². The quantitative estimate of drug-likeness (QED) is 0.708. The average molecular weight is 215 g/mol. The van der Waals surface area contributed by atoms with Crippen molar-refractivity contribution in [3.63, 3.8) is 0 Å². The molecule has 1 aromatic rings. The summed E-state index contributed by atoms with van der Waals surface area (Å²) in [4.78, 5) is 12.0. The van der Waals surface area contributed by atoms with Crippen molar-refractivity contribution in [2.45, 2.75) is 12.3 Å². The molecule has 3 heteroatoms. The monoisotopic (exact) mass is 215 g/mol. The van der Waals surface area contributed by atoms with Gasteiger partial charge < -0.3 is 10.1 Å². The summed E-state index contributed by atoms with van der Waals surface area (Å²) in [5.41, 5.74) is 0.982. The van der Waals surface area contributed by atoms with E-state index in [1.165, 1.54) is 5.56 Å². The molecule has 3 nitrogen and oxygen atoms in total. The molecule has 2 aliphatic heterocycles. The minimum absolute atomic E-state index is 0.197. The number of para-hydroxylation sites is 1. The first kappa shape index (κ1) is 8.62. The molecule has 1 saturated carbocycles. The Labute approximate surface area is 93.8 Å². The molecule has 3 atom stereocenters. The highest BCUT2D eigenvalue weighted by Crippen LogP contribution is 2.62. The second-order valence-electron chi connectivity index (χ2n) is 5.06. The van der Waals surface area contributed by atoms with Crippen LogP contribution >= 0.6 is 0 Å². The summed E-state index contributed by atoms with van der Waals surface area (Å²) in [5.74, 6) is 2.03. The molecule has 1 saturated heterocycles. The smallest absolute Gasteiger partial charge is 0.230 e. The molecule has 16 heavy (non-hydrogen) atoms. The number of hydrogen-bond acceptors (Lipinski definition) is 2. The van der Waals surface area contributed by atoms with Crippen molar-refractivity contribution in [1.29, 1.82) is 0 Å². The van der Waals surface area contributed by atoms with Gasteiger partial charge in [0.05, 0.1) is 5.41 Å². The van der Waals surface area contributed by atoms with Crippen LogP contribution in [-0.4, -0.2) is 19.1 Å². The van der Waals surface area contributed by atoms with Gasteiger partial charge in [0.25, 0.3) is 0 Å². The Kier molecular flexibility index (Phi) is 1.40. The first-order valence-electron chi connectivity index (χ1n) is 5.82. The number of hydrogen-bond donors (Lipinski definition) is 1. The zero-order valence-corrected chi connectivity index (χ0v) is 8.90. The number of benzene rings is 1. The summed E-state index contributed by atoms with van der Waals surface area (Å²) in [5, 5.41) is 2.98. The van der Waals surface area contributed by atoms with Crippen LogP contribution in [0.3, 0.4) is 0 Å². The van der Waals surface area contributed by atoms with Crippen molar-refractivity contribution in [2.75, 3.05) is 13.2 Å². The molecule has 3 aliphatic rings. The highest BCUT2D eigenvalue weighted by atomic mass is 16.5. The molecule has 0 radical (unpaired) electrons. The predicted octanol–water partition coefficient (Wildman–Crippen LogP) is 1.30. The first-order chi connectivity index (χ1) is 7.82. The maximum absolute atomic E-state index is 12.0. The lowest BCUT2D eigenvalue weighted by atomic mass is 9.51. The van der Waals surface area contributed by atoms with Crippen molar-refractivity contribution < 1.29 is 9.53 Å². The third-order valence-electron chi connectivity index (χ3n) is 4.56. The number of carbonyl (C=O) groups is 1. The Balaban J connectivity index is 1.85. The van der Waals surface area contributed by atoms with Gasteiger partial charge in [-0.05, 0) is 24.0 Å². The third kappa shape index (κ3) is 0.763. The predicted molar refractivity (Wildman–Crippen MR) is 58.2 cm³/mol. The van der Waals surface area contributed by atoms with Crippen molar-refractivity contribution in [3.05, 3.63) is 29.8 Å². The van der Waals surface area contributed by atoms with Gasteiger partial charge in [0.15, 0.2) is 0 Å². The summed E-state index contributed by atoms with van der Waals surface area (Å²) in [7, 11) is 0. The molecule has 1 aromatic carbocycles. The second-order valence-corrected chi connectivity index (χ2v) is 5.06. The van der Waals surface area contributed by atoms with Crippen LogP contribution in [0.25, 0.3) is 0 Å². The van der Waals surface area contributed by atoms with Crippen LogP contribution < -0.4 is 10.1 Å². The normalized spacial score (nSPS) is 38.6. The van der Waals surface area contributed by atoms with Gasteiger partial charge in [0.2, 0.25) is 5.91 Å². The highest BCUT2D eigenvalue weighted by molar-refractivity contribution is 5.88. The summed E-state index contributed by atoms with van der Waals surface area (Å²) < 4.78 is 5.77. The van der Waals surface area contributed by atoms with Crippen LogP contribution in [0.4, 0.5) is 0 Å². The van der Waals surface area contributed by atoms with E-state index in [2.05, 4.69) is 11.4 Å². The molecule has 82 valence electrons. The summed E-state index contributed by atoms with van der Waals surface area (Å²) >= 11 is 0. The summed E-state index contributed by atoms with van der Waals surface area (Å²) in [6.07, 6.45) is 1.12. The first-order valence-corrected chi connectivity index (χ1v) is 5.82. The molecular formula is C13H13NO2. The topological polar surface area (TPSA) is 38.3 Å². The third-order valence-corrected chi connectivity index (χ3v) is 4.56. The summed E-state index contributed by atoms with van der Waals surface area (Å²) in [6, 6.07) is 8.12. The molecule has 1 spiro atoms. The van der Waals surface area contributed by atoms with E-state index in [9.17, 15) is 4.79 Å². The molecule has 2 heterocycles. The number of amides is 1. The zero-order chi connectivity index (χ0) is 10.8. The van der Waals surface area contributed by atoms with Crippen molar-refractivity contribution in [1.82, 2.24) is 5.32 Å². The number of rotatable bonds is 0. The minimum atomic E-state index is -0.242. The molecule has 4 rings (SSSR count). The van der Waals surface area contributed by atoms with Crippen LogP contribution in [0.2, 0.25) is 0 Å². The lowest BCUT2D eigenvalue weighted by Gasteiger charge is -2.52. The van der Waals surface area contributed by atoms with E-state index in [0.29, 0.717) is 18.4 Å². The van der Waals surface area contributed by atoms with E-state index in [1.54, 1.807) is 0 Å². The summed E-state index contributed by atoms with van der Waals surface area (Å²) in [6.45, 7) is 1.39. The molecule has 2 fully saturated rings. The number of ether oxygens (including phenoxy) is 1. The molecular weight excluding hydrogens is 202 g/mol. The van der Waals surface area contributed by atoms with Crippen LogP contribution in [0, 0.1) is 11.3 Å². The molecule has 1 aliphatic carbocycles. The number of carbonyl (C=O) groups excluding carboxylic acids is 1. The fourth-order valence-corrected chi connectivity index (χ4v) is 3.60. The Hall–Kier alpha value is -1.51. The molecule has 0 bridgehead atoms. The van der Waals surface area contributed by atoms with Gasteiger partial charge in [0, 0.05) is 12.5 Å². The van der Waals surface area contributed by atoms with Gasteiger partial charge in [0.1, 0.15) is 12.4 Å². The van der Waals surface area contributed by atoms with Crippen molar-refractivity contribution in [2.24, 2.45) is 11.3 Å². The standard InChI is InChI=1S/C13H13NO2/c15-12-13-7-16-11-4-2-1-3-9(11)10(13)5-8(13)6-14-12/h1-4,8,10H,5-7H2,(H,14,15)/t8?,10-,13+/m1/s1. The number of fused-ring (bicyclic) bond motifs is 2. The van der Waals surface area contributed by atoms with Gasteiger partial charge in [-0.3, -0.25) is 4.79 Å². The van der Waals surface area contributed by atoms with Crippen molar-refractivity contribution in [3.8, 4) is 5.75 Å². The Bertz CT molecular complexity index is 485.